The number of rotatable bonds is 2. The minimum absolute atomic E-state index is 0.0315. The number of carbonyl (C=O) groups is 1. The normalized spacial score (nSPS) is 24.3. The van der Waals surface area contributed by atoms with Gasteiger partial charge in [-0.05, 0) is 26.0 Å². The highest BCUT2D eigenvalue weighted by Gasteiger charge is 2.40. The van der Waals surface area contributed by atoms with Crippen molar-refractivity contribution in [2.75, 3.05) is 5.75 Å². The molecule has 15 heavy (non-hydrogen) atoms. The molecule has 0 bridgehead atoms. The van der Waals surface area contributed by atoms with Crippen molar-refractivity contribution in [1.82, 2.24) is 5.16 Å². The van der Waals surface area contributed by atoms with Gasteiger partial charge >= 0.3 is 5.97 Å². The summed E-state index contributed by atoms with van der Waals surface area (Å²) < 4.78 is 5.13. The van der Waals surface area contributed by atoms with E-state index in [4.69, 9.17) is 9.63 Å². The molecule has 1 aliphatic heterocycles. The SMILES string of the molecule is CC1(C)SCCC1c1oncc1C(=O)O. The average molecular weight is 227 g/mol. The maximum Gasteiger partial charge on any atom is 0.340 e. The topological polar surface area (TPSA) is 63.3 Å². The van der Waals surface area contributed by atoms with Crippen LogP contribution in [0.1, 0.15) is 42.3 Å². The Morgan fingerprint density at radius 2 is 2.47 bits per heavy atom. The van der Waals surface area contributed by atoms with Crippen LogP contribution in [0.25, 0.3) is 0 Å². The Hall–Kier alpha value is -0.970. The molecule has 0 aromatic carbocycles. The van der Waals surface area contributed by atoms with Gasteiger partial charge in [0.1, 0.15) is 5.56 Å². The van der Waals surface area contributed by atoms with E-state index >= 15 is 0 Å². The van der Waals surface area contributed by atoms with Gasteiger partial charge in [0.05, 0.1) is 6.20 Å². The van der Waals surface area contributed by atoms with E-state index in [1.807, 2.05) is 11.8 Å². The molecule has 0 radical (unpaired) electrons. The van der Waals surface area contributed by atoms with Crippen LogP contribution in [0.4, 0.5) is 0 Å². The third kappa shape index (κ3) is 1.76. The lowest BCUT2D eigenvalue weighted by molar-refractivity contribution is 0.0693. The van der Waals surface area contributed by atoms with E-state index in [0.717, 1.165) is 12.2 Å². The fraction of sp³-hybridized carbons (Fsp3) is 0.600. The van der Waals surface area contributed by atoms with Crippen molar-refractivity contribution < 1.29 is 14.4 Å². The molecule has 1 saturated heterocycles. The number of aromatic carboxylic acids is 1. The molecule has 1 atom stereocenters. The summed E-state index contributed by atoms with van der Waals surface area (Å²) in [6.07, 6.45) is 2.24. The molecule has 0 aliphatic carbocycles. The molecule has 1 fully saturated rings. The number of nitrogens with zero attached hydrogens (tertiary/aromatic N) is 1. The van der Waals surface area contributed by atoms with Gasteiger partial charge in [-0.2, -0.15) is 11.8 Å². The number of hydrogen-bond donors (Lipinski definition) is 1. The number of thioether (sulfide) groups is 1. The predicted octanol–water partition coefficient (Wildman–Crippen LogP) is 2.37. The van der Waals surface area contributed by atoms with E-state index in [9.17, 15) is 4.79 Å². The smallest absolute Gasteiger partial charge is 0.340 e. The van der Waals surface area contributed by atoms with E-state index in [0.29, 0.717) is 5.76 Å². The standard InChI is InChI=1S/C10H13NO3S/c1-10(2)7(3-4-15-10)8-6(9(12)13)5-11-14-8/h5,7H,3-4H2,1-2H3,(H,12,13). The van der Waals surface area contributed by atoms with Gasteiger partial charge in [0.2, 0.25) is 0 Å². The second-order valence-corrected chi connectivity index (χ2v) is 5.95. The minimum Gasteiger partial charge on any atom is -0.478 e. The minimum atomic E-state index is -0.959. The molecule has 5 heteroatoms. The first-order valence-corrected chi connectivity index (χ1v) is 5.83. The Bertz CT molecular complexity index is 386. The number of hydrogen-bond acceptors (Lipinski definition) is 4. The summed E-state index contributed by atoms with van der Waals surface area (Å²) in [5.74, 6) is 0.754. The number of aromatic nitrogens is 1. The molecule has 4 nitrogen and oxygen atoms in total. The zero-order valence-electron chi connectivity index (χ0n) is 8.69. The summed E-state index contributed by atoms with van der Waals surface area (Å²) in [5.41, 5.74) is 0.204. The molecule has 2 heterocycles. The van der Waals surface area contributed by atoms with Crippen LogP contribution in [0.2, 0.25) is 0 Å². The molecular weight excluding hydrogens is 214 g/mol. The highest BCUT2D eigenvalue weighted by molar-refractivity contribution is 8.00. The van der Waals surface area contributed by atoms with Gasteiger partial charge < -0.3 is 9.63 Å². The van der Waals surface area contributed by atoms with Gasteiger partial charge in [0.25, 0.3) is 0 Å². The second kappa shape index (κ2) is 3.56. The van der Waals surface area contributed by atoms with E-state index in [1.54, 1.807) is 0 Å². The zero-order chi connectivity index (χ0) is 11.1. The van der Waals surface area contributed by atoms with Crippen molar-refractivity contribution in [3.8, 4) is 0 Å². The van der Waals surface area contributed by atoms with Crippen LogP contribution in [0.15, 0.2) is 10.7 Å². The Labute approximate surface area is 92.0 Å². The summed E-state index contributed by atoms with van der Waals surface area (Å²) in [4.78, 5) is 10.9. The van der Waals surface area contributed by atoms with Crippen molar-refractivity contribution >= 4 is 17.7 Å². The quantitative estimate of drug-likeness (QED) is 0.840. The van der Waals surface area contributed by atoms with Crippen LogP contribution in [0.5, 0.6) is 0 Å². The van der Waals surface area contributed by atoms with Gasteiger partial charge in [-0.15, -0.1) is 0 Å². The van der Waals surface area contributed by atoms with E-state index in [2.05, 4.69) is 19.0 Å². The van der Waals surface area contributed by atoms with Crippen molar-refractivity contribution in [1.29, 1.82) is 0 Å². The molecule has 1 N–H and O–H groups in total. The molecular formula is C10H13NO3S. The summed E-state index contributed by atoms with van der Waals surface area (Å²) in [5, 5.41) is 12.6. The first kappa shape index (κ1) is 10.5. The van der Waals surface area contributed by atoms with Crippen LogP contribution in [-0.2, 0) is 0 Å². The van der Waals surface area contributed by atoms with E-state index in [1.165, 1.54) is 6.20 Å². The fourth-order valence-corrected chi connectivity index (χ4v) is 3.30. The lowest BCUT2D eigenvalue weighted by Crippen LogP contribution is -2.21. The van der Waals surface area contributed by atoms with Crippen LogP contribution in [-0.4, -0.2) is 26.7 Å². The van der Waals surface area contributed by atoms with Crippen LogP contribution in [0.3, 0.4) is 0 Å². The highest BCUT2D eigenvalue weighted by Crippen LogP contribution is 2.48. The predicted molar refractivity (Wildman–Crippen MR) is 57.4 cm³/mol. The number of carboxylic acid groups (broad SMARTS) is 1. The van der Waals surface area contributed by atoms with Gasteiger partial charge in [0, 0.05) is 10.7 Å². The Balaban J connectivity index is 2.37. The molecule has 1 aromatic heterocycles. The Kier molecular flexibility index (Phi) is 2.50. The summed E-state index contributed by atoms with van der Waals surface area (Å²) in [6.45, 7) is 4.23. The first-order valence-electron chi connectivity index (χ1n) is 4.84. The molecule has 2 rings (SSSR count). The fourth-order valence-electron chi connectivity index (χ4n) is 2.00. The second-order valence-electron chi connectivity index (χ2n) is 4.20. The number of carboxylic acids is 1. The zero-order valence-corrected chi connectivity index (χ0v) is 9.50. The van der Waals surface area contributed by atoms with Crippen LogP contribution >= 0.6 is 11.8 Å². The van der Waals surface area contributed by atoms with Crippen molar-refractivity contribution in [2.24, 2.45) is 0 Å². The van der Waals surface area contributed by atoms with Crippen molar-refractivity contribution in [3.63, 3.8) is 0 Å². The van der Waals surface area contributed by atoms with Crippen LogP contribution < -0.4 is 0 Å². The van der Waals surface area contributed by atoms with Gasteiger partial charge in [-0.25, -0.2) is 4.79 Å². The lowest BCUT2D eigenvalue weighted by atomic mass is 9.88. The molecule has 0 spiro atoms. The molecule has 0 saturated carbocycles. The molecule has 1 unspecified atom stereocenters. The largest absolute Gasteiger partial charge is 0.478 e. The molecule has 1 aliphatic rings. The molecule has 0 amide bonds. The maximum atomic E-state index is 10.9. The van der Waals surface area contributed by atoms with Crippen molar-refractivity contribution in [3.05, 3.63) is 17.5 Å². The lowest BCUT2D eigenvalue weighted by Gasteiger charge is -2.23. The summed E-state index contributed by atoms with van der Waals surface area (Å²) in [6, 6.07) is 0. The molecule has 82 valence electrons. The van der Waals surface area contributed by atoms with E-state index in [-0.39, 0.29) is 16.2 Å². The average Bonchev–Trinajstić information content (AvgIpc) is 2.69. The third-order valence-corrected chi connectivity index (χ3v) is 4.33. The van der Waals surface area contributed by atoms with Gasteiger partial charge in [-0.1, -0.05) is 5.16 Å². The molecule has 1 aromatic rings. The van der Waals surface area contributed by atoms with Crippen LogP contribution in [0, 0.1) is 0 Å². The monoisotopic (exact) mass is 227 g/mol. The van der Waals surface area contributed by atoms with Crippen molar-refractivity contribution in [2.45, 2.75) is 30.9 Å². The third-order valence-electron chi connectivity index (χ3n) is 2.86. The maximum absolute atomic E-state index is 10.9. The summed E-state index contributed by atoms with van der Waals surface area (Å²) in [7, 11) is 0. The Morgan fingerprint density at radius 1 is 1.73 bits per heavy atom. The van der Waals surface area contributed by atoms with E-state index < -0.39 is 5.97 Å². The highest BCUT2D eigenvalue weighted by atomic mass is 32.2. The van der Waals surface area contributed by atoms with Gasteiger partial charge in [0.15, 0.2) is 5.76 Å². The first-order chi connectivity index (χ1) is 7.02. The summed E-state index contributed by atoms with van der Waals surface area (Å²) >= 11 is 1.85. The van der Waals surface area contributed by atoms with Gasteiger partial charge in [-0.3, -0.25) is 0 Å². The Morgan fingerprint density at radius 3 is 3.00 bits per heavy atom.